The molecule has 0 spiro atoms. The fourth-order valence-electron chi connectivity index (χ4n) is 2.69. The van der Waals surface area contributed by atoms with E-state index in [0.29, 0.717) is 0 Å². The Balaban J connectivity index is 1.73. The summed E-state index contributed by atoms with van der Waals surface area (Å²) in [5.74, 6) is -0.204. The van der Waals surface area contributed by atoms with Gasteiger partial charge in [-0.25, -0.2) is 0 Å². The van der Waals surface area contributed by atoms with E-state index in [0.717, 1.165) is 24.2 Å². The van der Waals surface area contributed by atoms with Crippen molar-refractivity contribution in [3.05, 3.63) is 48.5 Å². The Kier molecular flexibility index (Phi) is 3.96. The van der Waals surface area contributed by atoms with Crippen molar-refractivity contribution in [3.8, 4) is 16.9 Å². The van der Waals surface area contributed by atoms with E-state index < -0.39 is 6.36 Å². The molecule has 1 heterocycles. The van der Waals surface area contributed by atoms with Crippen LogP contribution in [-0.2, 0) is 0 Å². The van der Waals surface area contributed by atoms with Gasteiger partial charge in [0.05, 0.1) is 0 Å². The van der Waals surface area contributed by atoms with E-state index in [2.05, 4.69) is 21.8 Å². The second-order valence-electron chi connectivity index (χ2n) is 5.31. The highest BCUT2D eigenvalue weighted by Crippen LogP contribution is 2.28. The average molecular weight is 307 g/mol. The van der Waals surface area contributed by atoms with Crippen LogP contribution in [0.25, 0.3) is 11.1 Å². The van der Waals surface area contributed by atoms with E-state index in [4.69, 9.17) is 0 Å². The van der Waals surface area contributed by atoms with E-state index in [1.54, 1.807) is 12.1 Å². The third kappa shape index (κ3) is 3.53. The summed E-state index contributed by atoms with van der Waals surface area (Å²) in [6, 6.07) is 14.0. The van der Waals surface area contributed by atoms with Gasteiger partial charge in [0.25, 0.3) is 0 Å². The molecule has 1 aliphatic rings. The first-order valence-corrected chi connectivity index (χ1v) is 7.22. The van der Waals surface area contributed by atoms with E-state index in [9.17, 15) is 13.2 Å². The zero-order chi connectivity index (χ0) is 15.6. The number of benzene rings is 2. The van der Waals surface area contributed by atoms with Gasteiger partial charge in [-0.05, 0) is 48.2 Å². The van der Waals surface area contributed by atoms with Crippen LogP contribution in [0, 0.1) is 0 Å². The number of nitrogens with zero attached hydrogens (tertiary/aromatic N) is 1. The van der Waals surface area contributed by atoms with E-state index in [-0.39, 0.29) is 5.75 Å². The van der Waals surface area contributed by atoms with Crippen molar-refractivity contribution >= 4 is 5.69 Å². The molecule has 0 saturated carbocycles. The maximum absolute atomic E-state index is 12.1. The molecular formula is C17H16F3NO. The summed E-state index contributed by atoms with van der Waals surface area (Å²) in [6.07, 6.45) is -2.20. The lowest BCUT2D eigenvalue weighted by Gasteiger charge is -2.17. The topological polar surface area (TPSA) is 12.5 Å². The van der Waals surface area contributed by atoms with Crippen molar-refractivity contribution in [2.45, 2.75) is 19.2 Å². The zero-order valence-electron chi connectivity index (χ0n) is 11.9. The first-order chi connectivity index (χ1) is 10.5. The van der Waals surface area contributed by atoms with E-state index in [1.165, 1.54) is 30.7 Å². The Bertz CT molecular complexity index is 614. The van der Waals surface area contributed by atoms with Gasteiger partial charge in [-0.1, -0.05) is 24.3 Å². The highest BCUT2D eigenvalue weighted by molar-refractivity contribution is 5.67. The second-order valence-corrected chi connectivity index (χ2v) is 5.31. The van der Waals surface area contributed by atoms with Gasteiger partial charge in [-0.15, -0.1) is 13.2 Å². The zero-order valence-corrected chi connectivity index (χ0v) is 11.9. The van der Waals surface area contributed by atoms with Gasteiger partial charge >= 0.3 is 6.36 Å². The van der Waals surface area contributed by atoms with Crippen LogP contribution in [0.1, 0.15) is 12.8 Å². The minimum absolute atomic E-state index is 0.204. The molecule has 0 N–H and O–H groups in total. The molecule has 0 radical (unpaired) electrons. The summed E-state index contributed by atoms with van der Waals surface area (Å²) in [6.45, 7) is 2.17. The molecule has 0 amide bonds. The quantitative estimate of drug-likeness (QED) is 0.803. The highest BCUT2D eigenvalue weighted by atomic mass is 19.4. The van der Waals surface area contributed by atoms with Crippen molar-refractivity contribution in [2.24, 2.45) is 0 Å². The Labute approximate surface area is 127 Å². The lowest BCUT2D eigenvalue weighted by atomic mass is 10.1. The lowest BCUT2D eigenvalue weighted by Crippen LogP contribution is -2.17. The normalized spacial score (nSPS) is 15.1. The number of anilines is 1. The first kappa shape index (κ1) is 14.8. The van der Waals surface area contributed by atoms with Crippen molar-refractivity contribution in [3.63, 3.8) is 0 Å². The number of rotatable bonds is 3. The molecule has 3 rings (SSSR count). The van der Waals surface area contributed by atoms with Gasteiger partial charge < -0.3 is 9.64 Å². The summed E-state index contributed by atoms with van der Waals surface area (Å²) in [7, 11) is 0. The Morgan fingerprint density at radius 3 is 1.77 bits per heavy atom. The van der Waals surface area contributed by atoms with Crippen LogP contribution >= 0.6 is 0 Å². The molecule has 0 bridgehead atoms. The summed E-state index contributed by atoms with van der Waals surface area (Å²) in [5, 5.41) is 0. The molecule has 0 aliphatic carbocycles. The van der Waals surface area contributed by atoms with Gasteiger partial charge in [0.15, 0.2) is 0 Å². The predicted octanol–water partition coefficient (Wildman–Crippen LogP) is 4.85. The SMILES string of the molecule is FC(F)(F)Oc1ccc(-c2ccc(N3CCCC3)cc2)cc1. The first-order valence-electron chi connectivity index (χ1n) is 7.22. The molecule has 2 aromatic rings. The van der Waals surface area contributed by atoms with E-state index in [1.807, 2.05) is 12.1 Å². The molecule has 0 atom stereocenters. The van der Waals surface area contributed by atoms with Crippen LogP contribution in [0.5, 0.6) is 5.75 Å². The molecule has 5 heteroatoms. The van der Waals surface area contributed by atoms with Crippen LogP contribution in [0.4, 0.5) is 18.9 Å². The van der Waals surface area contributed by atoms with Gasteiger partial charge in [0.2, 0.25) is 0 Å². The minimum atomic E-state index is -4.65. The molecule has 116 valence electrons. The molecule has 0 unspecified atom stereocenters. The van der Waals surface area contributed by atoms with Crippen LogP contribution < -0.4 is 9.64 Å². The summed E-state index contributed by atoms with van der Waals surface area (Å²) in [4.78, 5) is 2.34. The molecular weight excluding hydrogens is 291 g/mol. The molecule has 22 heavy (non-hydrogen) atoms. The maximum Gasteiger partial charge on any atom is 0.573 e. The number of alkyl halides is 3. The largest absolute Gasteiger partial charge is 0.573 e. The maximum atomic E-state index is 12.1. The fourth-order valence-corrected chi connectivity index (χ4v) is 2.69. The number of hydrogen-bond acceptors (Lipinski definition) is 2. The van der Waals surface area contributed by atoms with Crippen molar-refractivity contribution in [1.29, 1.82) is 0 Å². The summed E-state index contributed by atoms with van der Waals surface area (Å²) in [5.41, 5.74) is 3.03. The predicted molar refractivity (Wildman–Crippen MR) is 80.0 cm³/mol. The lowest BCUT2D eigenvalue weighted by molar-refractivity contribution is -0.274. The molecule has 0 aromatic heterocycles. The van der Waals surface area contributed by atoms with Crippen molar-refractivity contribution in [1.82, 2.24) is 0 Å². The third-order valence-electron chi connectivity index (χ3n) is 3.76. The van der Waals surface area contributed by atoms with Crippen LogP contribution in [0.2, 0.25) is 0 Å². The standard InChI is InChI=1S/C17H16F3NO/c18-17(19,20)22-16-9-5-14(6-10-16)13-3-7-15(8-4-13)21-11-1-2-12-21/h3-10H,1-2,11-12H2. The number of halogens is 3. The molecule has 1 fully saturated rings. The molecule has 2 aromatic carbocycles. The summed E-state index contributed by atoms with van der Waals surface area (Å²) >= 11 is 0. The summed E-state index contributed by atoms with van der Waals surface area (Å²) < 4.78 is 40.3. The van der Waals surface area contributed by atoms with Crippen LogP contribution in [0.3, 0.4) is 0 Å². The highest BCUT2D eigenvalue weighted by Gasteiger charge is 2.30. The molecule has 1 saturated heterocycles. The smallest absolute Gasteiger partial charge is 0.406 e. The minimum Gasteiger partial charge on any atom is -0.406 e. The van der Waals surface area contributed by atoms with Gasteiger partial charge in [0.1, 0.15) is 5.75 Å². The number of hydrogen-bond donors (Lipinski definition) is 0. The van der Waals surface area contributed by atoms with Crippen LogP contribution in [0.15, 0.2) is 48.5 Å². The van der Waals surface area contributed by atoms with Crippen LogP contribution in [-0.4, -0.2) is 19.5 Å². The third-order valence-corrected chi connectivity index (χ3v) is 3.76. The average Bonchev–Trinajstić information content (AvgIpc) is 3.01. The Morgan fingerprint density at radius 2 is 1.27 bits per heavy atom. The van der Waals surface area contributed by atoms with Crippen molar-refractivity contribution < 1.29 is 17.9 Å². The fraction of sp³-hybridized carbons (Fsp3) is 0.294. The van der Waals surface area contributed by atoms with Crippen molar-refractivity contribution in [2.75, 3.05) is 18.0 Å². The number of ether oxygens (including phenoxy) is 1. The Hall–Kier alpha value is -2.17. The van der Waals surface area contributed by atoms with Gasteiger partial charge in [-0.3, -0.25) is 0 Å². The Morgan fingerprint density at radius 1 is 0.773 bits per heavy atom. The van der Waals surface area contributed by atoms with Gasteiger partial charge in [0, 0.05) is 18.8 Å². The second kappa shape index (κ2) is 5.91. The molecule has 1 aliphatic heterocycles. The molecule has 2 nitrogen and oxygen atoms in total. The monoisotopic (exact) mass is 307 g/mol. The van der Waals surface area contributed by atoms with E-state index >= 15 is 0 Å². The van der Waals surface area contributed by atoms with Gasteiger partial charge in [-0.2, -0.15) is 0 Å².